The number of aromatic nitrogens is 1. The van der Waals surface area contributed by atoms with Crippen LogP contribution in [-0.4, -0.2) is 16.2 Å². The normalized spacial score (nSPS) is 11.0. The third-order valence-electron chi connectivity index (χ3n) is 5.02. The summed E-state index contributed by atoms with van der Waals surface area (Å²) in [5.41, 5.74) is 4.99. The summed E-state index contributed by atoms with van der Waals surface area (Å²) < 4.78 is 15.7. The van der Waals surface area contributed by atoms with Crippen LogP contribution in [-0.2, 0) is 11.3 Å². The molecule has 0 fully saturated rings. The molecule has 0 unspecified atom stereocenters. The van der Waals surface area contributed by atoms with E-state index in [1.54, 1.807) is 12.1 Å². The summed E-state index contributed by atoms with van der Waals surface area (Å²) in [4.78, 5) is 13.6. The highest BCUT2D eigenvalue weighted by Gasteiger charge is 2.12. The van der Waals surface area contributed by atoms with E-state index in [-0.39, 0.29) is 11.7 Å². The topological polar surface area (TPSA) is 34.0 Å². The van der Waals surface area contributed by atoms with Gasteiger partial charge in [-0.1, -0.05) is 42.5 Å². The molecule has 1 heterocycles. The monoisotopic (exact) mass is 418 g/mol. The highest BCUT2D eigenvalue weighted by Crippen LogP contribution is 2.31. The fraction of sp³-hybridized carbons (Fsp3) is 0.160. The van der Waals surface area contributed by atoms with Crippen LogP contribution in [0.2, 0.25) is 0 Å². The van der Waals surface area contributed by atoms with E-state index in [0.717, 1.165) is 38.2 Å². The number of para-hydroxylation sites is 1. The van der Waals surface area contributed by atoms with E-state index >= 15 is 0 Å². The molecule has 0 aliphatic carbocycles. The van der Waals surface area contributed by atoms with Gasteiger partial charge in [0.2, 0.25) is 5.91 Å². The zero-order valence-electron chi connectivity index (χ0n) is 17.0. The third-order valence-corrected chi connectivity index (χ3v) is 6.06. The maximum Gasteiger partial charge on any atom is 0.234 e. The molecule has 1 amide bonds. The fourth-order valence-electron chi connectivity index (χ4n) is 3.49. The number of amides is 1. The van der Waals surface area contributed by atoms with Crippen LogP contribution in [0.5, 0.6) is 0 Å². The number of hydrogen-bond donors (Lipinski definition) is 1. The maximum atomic E-state index is 13.6. The van der Waals surface area contributed by atoms with Gasteiger partial charge in [-0.15, -0.1) is 11.8 Å². The van der Waals surface area contributed by atoms with Crippen molar-refractivity contribution in [3.8, 4) is 0 Å². The molecule has 1 N–H and O–H groups in total. The van der Waals surface area contributed by atoms with Crippen LogP contribution in [0, 0.1) is 19.7 Å². The number of aryl methyl sites for hydroxylation is 2. The molecule has 0 atom stereocenters. The van der Waals surface area contributed by atoms with Crippen LogP contribution in [0.4, 0.5) is 10.1 Å². The molecule has 0 saturated carbocycles. The number of fused-ring (bicyclic) bond motifs is 1. The van der Waals surface area contributed by atoms with Gasteiger partial charge in [0.1, 0.15) is 5.82 Å². The molecule has 1 aromatic heterocycles. The minimum Gasteiger partial charge on any atom is -0.342 e. The predicted octanol–water partition coefficient (Wildman–Crippen LogP) is 6.18. The van der Waals surface area contributed by atoms with Gasteiger partial charge in [-0.2, -0.15) is 0 Å². The van der Waals surface area contributed by atoms with Crippen molar-refractivity contribution >= 4 is 34.3 Å². The van der Waals surface area contributed by atoms with E-state index in [2.05, 4.69) is 22.0 Å². The number of thioether (sulfide) groups is 1. The van der Waals surface area contributed by atoms with Gasteiger partial charge in [0.25, 0.3) is 0 Å². The first-order valence-electron chi connectivity index (χ1n) is 9.82. The lowest BCUT2D eigenvalue weighted by Crippen LogP contribution is -2.14. The van der Waals surface area contributed by atoms with E-state index in [9.17, 15) is 9.18 Å². The highest BCUT2D eigenvalue weighted by atomic mass is 32.2. The molecule has 0 radical (unpaired) electrons. The van der Waals surface area contributed by atoms with Crippen molar-refractivity contribution in [1.82, 2.24) is 4.57 Å². The Kier molecular flexibility index (Phi) is 5.91. The standard InChI is InChI=1S/C25H23FN2OS/c1-17-10-11-18(2)22(12-17)27-25(29)16-30-24-15-28(23-9-4-3-8-21(23)24)14-19-6-5-7-20(26)13-19/h3-13,15H,14,16H2,1-2H3,(H,27,29). The number of benzene rings is 3. The van der Waals surface area contributed by atoms with Crippen LogP contribution < -0.4 is 5.32 Å². The van der Waals surface area contributed by atoms with Crippen molar-refractivity contribution in [3.05, 3.63) is 95.4 Å². The molecular formula is C25H23FN2OS. The molecule has 0 saturated heterocycles. The predicted molar refractivity (Wildman–Crippen MR) is 123 cm³/mol. The van der Waals surface area contributed by atoms with Crippen LogP contribution in [0.25, 0.3) is 10.9 Å². The lowest BCUT2D eigenvalue weighted by atomic mass is 10.1. The molecule has 3 nitrogen and oxygen atoms in total. The van der Waals surface area contributed by atoms with Crippen molar-refractivity contribution in [2.45, 2.75) is 25.3 Å². The smallest absolute Gasteiger partial charge is 0.234 e. The van der Waals surface area contributed by atoms with Crippen molar-refractivity contribution in [2.24, 2.45) is 0 Å². The largest absolute Gasteiger partial charge is 0.342 e. The second kappa shape index (κ2) is 8.76. The Balaban J connectivity index is 1.51. The lowest BCUT2D eigenvalue weighted by Gasteiger charge is -2.09. The zero-order chi connectivity index (χ0) is 21.1. The van der Waals surface area contributed by atoms with Crippen LogP contribution in [0.3, 0.4) is 0 Å². The molecule has 0 aliphatic rings. The maximum absolute atomic E-state index is 13.6. The van der Waals surface area contributed by atoms with Crippen molar-refractivity contribution in [2.75, 3.05) is 11.1 Å². The molecule has 0 aliphatic heterocycles. The van der Waals surface area contributed by atoms with Crippen molar-refractivity contribution < 1.29 is 9.18 Å². The van der Waals surface area contributed by atoms with Gasteiger partial charge in [0.05, 0.1) is 5.75 Å². The number of rotatable bonds is 6. The molecule has 0 spiro atoms. The summed E-state index contributed by atoms with van der Waals surface area (Å²) in [7, 11) is 0. The van der Waals surface area contributed by atoms with Gasteiger partial charge in [-0.3, -0.25) is 4.79 Å². The average molecular weight is 419 g/mol. The summed E-state index contributed by atoms with van der Waals surface area (Å²) in [5, 5.41) is 4.11. The highest BCUT2D eigenvalue weighted by molar-refractivity contribution is 8.00. The van der Waals surface area contributed by atoms with Gasteiger partial charge >= 0.3 is 0 Å². The van der Waals surface area contributed by atoms with Gasteiger partial charge in [0.15, 0.2) is 0 Å². The molecule has 3 aromatic carbocycles. The van der Waals surface area contributed by atoms with Gasteiger partial charge in [-0.25, -0.2) is 4.39 Å². The van der Waals surface area contributed by atoms with Gasteiger partial charge in [0, 0.05) is 34.2 Å². The second-order valence-corrected chi connectivity index (χ2v) is 8.44. The van der Waals surface area contributed by atoms with Crippen molar-refractivity contribution in [1.29, 1.82) is 0 Å². The first-order chi connectivity index (χ1) is 14.5. The number of nitrogens with one attached hydrogen (secondary N) is 1. The summed E-state index contributed by atoms with van der Waals surface area (Å²) in [5.74, 6) is 0.0544. The van der Waals surface area contributed by atoms with Crippen molar-refractivity contribution in [3.63, 3.8) is 0 Å². The lowest BCUT2D eigenvalue weighted by molar-refractivity contribution is -0.113. The van der Waals surface area contributed by atoms with Crippen LogP contribution in [0.1, 0.15) is 16.7 Å². The third kappa shape index (κ3) is 4.57. The molecule has 30 heavy (non-hydrogen) atoms. The Morgan fingerprint density at radius 2 is 1.87 bits per heavy atom. The fourth-order valence-corrected chi connectivity index (χ4v) is 4.38. The molecular weight excluding hydrogens is 395 g/mol. The Bertz CT molecular complexity index is 1210. The van der Waals surface area contributed by atoms with Crippen LogP contribution >= 0.6 is 11.8 Å². The van der Waals surface area contributed by atoms with E-state index in [4.69, 9.17) is 0 Å². The quantitative estimate of drug-likeness (QED) is 0.380. The summed E-state index contributed by atoms with van der Waals surface area (Å²) in [6.45, 7) is 4.58. The number of anilines is 1. The molecule has 5 heteroatoms. The van der Waals surface area contributed by atoms with E-state index in [0.29, 0.717) is 12.3 Å². The molecule has 4 rings (SSSR count). The second-order valence-electron chi connectivity index (χ2n) is 7.42. The van der Waals surface area contributed by atoms with Gasteiger partial charge in [-0.05, 0) is 54.8 Å². The number of halogens is 1. The molecule has 0 bridgehead atoms. The number of carbonyl (C=O) groups is 1. The summed E-state index contributed by atoms with van der Waals surface area (Å²) in [6.07, 6.45) is 2.05. The number of hydrogen-bond acceptors (Lipinski definition) is 2. The summed E-state index contributed by atoms with van der Waals surface area (Å²) >= 11 is 1.51. The SMILES string of the molecule is Cc1ccc(C)c(NC(=O)CSc2cn(Cc3cccc(F)c3)c3ccccc23)c1. The van der Waals surface area contributed by atoms with E-state index < -0.39 is 0 Å². The van der Waals surface area contributed by atoms with Gasteiger partial charge < -0.3 is 9.88 Å². The Labute approximate surface area is 179 Å². The Morgan fingerprint density at radius 1 is 1.03 bits per heavy atom. The average Bonchev–Trinajstić information content (AvgIpc) is 3.07. The molecule has 4 aromatic rings. The Hall–Kier alpha value is -3.05. The summed E-state index contributed by atoms with van der Waals surface area (Å²) in [6, 6.07) is 20.8. The van der Waals surface area contributed by atoms with Crippen LogP contribution in [0.15, 0.2) is 77.8 Å². The number of carbonyl (C=O) groups excluding carboxylic acids is 1. The first kappa shape index (κ1) is 20.2. The minimum absolute atomic E-state index is 0.0318. The first-order valence-corrected chi connectivity index (χ1v) is 10.8. The zero-order valence-corrected chi connectivity index (χ0v) is 17.8. The number of nitrogens with zero attached hydrogens (tertiary/aromatic N) is 1. The van der Waals surface area contributed by atoms with E-state index in [1.807, 2.05) is 56.4 Å². The minimum atomic E-state index is -0.235. The van der Waals surface area contributed by atoms with E-state index in [1.165, 1.54) is 17.8 Å². The molecule has 152 valence electrons. The Morgan fingerprint density at radius 3 is 2.70 bits per heavy atom.